The molecule has 4 rings (SSSR count). The average molecular weight is 454 g/mol. The standard InChI is InChI=1S/C23H20F2N4O4/c1-12-10-17(19-20(26-12)29(2)28-22(19)31)21(30)27-14-6-9-18(33-23(24)25)16(11-14)13-4-7-15(32-3)8-5-13/h4-11,23H,1-3H3,(H,27,30)(H,28,31). The molecule has 0 bridgehead atoms. The van der Waals surface area contributed by atoms with Gasteiger partial charge in [-0.25, -0.2) is 4.98 Å². The van der Waals surface area contributed by atoms with Gasteiger partial charge in [0.2, 0.25) is 0 Å². The Balaban J connectivity index is 1.73. The monoisotopic (exact) mass is 454 g/mol. The number of carbonyl (C=O) groups excluding carboxylic acids is 1. The van der Waals surface area contributed by atoms with Crippen molar-refractivity contribution in [3.05, 3.63) is 70.1 Å². The number of fused-ring (bicyclic) bond motifs is 1. The molecule has 0 spiro atoms. The number of H-pyrrole nitrogens is 1. The van der Waals surface area contributed by atoms with Gasteiger partial charge in [-0.15, -0.1) is 0 Å². The molecule has 4 aromatic rings. The van der Waals surface area contributed by atoms with E-state index in [0.717, 1.165) is 0 Å². The summed E-state index contributed by atoms with van der Waals surface area (Å²) in [5.41, 5.74) is 1.89. The quantitative estimate of drug-likeness (QED) is 0.457. The molecule has 0 radical (unpaired) electrons. The molecule has 170 valence electrons. The van der Waals surface area contributed by atoms with Crippen molar-refractivity contribution in [2.75, 3.05) is 12.4 Å². The number of aromatic amines is 1. The van der Waals surface area contributed by atoms with E-state index in [9.17, 15) is 18.4 Å². The number of pyridine rings is 1. The molecule has 0 atom stereocenters. The third-order valence-corrected chi connectivity index (χ3v) is 5.04. The second-order valence-corrected chi connectivity index (χ2v) is 7.28. The van der Waals surface area contributed by atoms with Crippen LogP contribution in [-0.2, 0) is 7.05 Å². The van der Waals surface area contributed by atoms with Gasteiger partial charge in [0.1, 0.15) is 11.5 Å². The van der Waals surface area contributed by atoms with Gasteiger partial charge in [-0.1, -0.05) is 12.1 Å². The Hall–Kier alpha value is -4.21. The minimum atomic E-state index is -3.01. The zero-order valence-electron chi connectivity index (χ0n) is 18.0. The summed E-state index contributed by atoms with van der Waals surface area (Å²) in [5, 5.41) is 5.48. The van der Waals surface area contributed by atoms with Gasteiger partial charge >= 0.3 is 6.61 Å². The zero-order valence-corrected chi connectivity index (χ0v) is 18.0. The minimum absolute atomic E-state index is 0.0465. The van der Waals surface area contributed by atoms with Gasteiger partial charge in [0.25, 0.3) is 11.5 Å². The number of aromatic nitrogens is 3. The third-order valence-electron chi connectivity index (χ3n) is 5.04. The lowest BCUT2D eigenvalue weighted by molar-refractivity contribution is -0.0494. The summed E-state index contributed by atoms with van der Waals surface area (Å²) in [7, 11) is 3.15. The molecule has 0 aliphatic rings. The van der Waals surface area contributed by atoms with Crippen molar-refractivity contribution in [1.82, 2.24) is 14.8 Å². The first kappa shape index (κ1) is 22.0. The number of rotatable bonds is 6. The highest BCUT2D eigenvalue weighted by Crippen LogP contribution is 2.35. The maximum absolute atomic E-state index is 13.1. The van der Waals surface area contributed by atoms with Gasteiger partial charge in [-0.2, -0.15) is 8.78 Å². The van der Waals surface area contributed by atoms with Crippen LogP contribution < -0.4 is 20.3 Å². The lowest BCUT2D eigenvalue weighted by Crippen LogP contribution is -2.15. The van der Waals surface area contributed by atoms with Gasteiger partial charge in [-0.05, 0) is 48.9 Å². The van der Waals surface area contributed by atoms with Gasteiger partial charge < -0.3 is 14.8 Å². The van der Waals surface area contributed by atoms with Gasteiger partial charge in [-0.3, -0.25) is 19.4 Å². The molecule has 0 aliphatic carbocycles. The average Bonchev–Trinajstić information content (AvgIpc) is 3.07. The Labute approximate surface area is 186 Å². The van der Waals surface area contributed by atoms with Crippen LogP contribution in [0, 0.1) is 6.92 Å². The maximum Gasteiger partial charge on any atom is 0.387 e. The predicted octanol–water partition coefficient (Wildman–Crippen LogP) is 4.10. The fourth-order valence-electron chi connectivity index (χ4n) is 3.56. The van der Waals surface area contributed by atoms with Gasteiger partial charge in [0.05, 0.1) is 18.1 Å². The van der Waals surface area contributed by atoms with Crippen molar-refractivity contribution in [2.45, 2.75) is 13.5 Å². The van der Waals surface area contributed by atoms with E-state index in [4.69, 9.17) is 4.74 Å². The number of alkyl halides is 2. The van der Waals surface area contributed by atoms with E-state index in [1.807, 2.05) is 0 Å². The molecule has 2 aromatic heterocycles. The highest BCUT2D eigenvalue weighted by atomic mass is 19.3. The number of hydrogen-bond donors (Lipinski definition) is 2. The number of aryl methyl sites for hydroxylation is 2. The van der Waals surface area contributed by atoms with Crippen molar-refractivity contribution >= 4 is 22.6 Å². The normalized spacial score (nSPS) is 11.1. The molecule has 1 amide bonds. The number of nitrogens with one attached hydrogen (secondary N) is 2. The molecule has 2 heterocycles. The van der Waals surface area contributed by atoms with Crippen LogP contribution in [-0.4, -0.2) is 34.4 Å². The van der Waals surface area contributed by atoms with Crippen molar-refractivity contribution in [3.8, 4) is 22.6 Å². The Bertz CT molecular complexity index is 1390. The Morgan fingerprint density at radius 2 is 1.88 bits per heavy atom. The Morgan fingerprint density at radius 1 is 1.15 bits per heavy atom. The summed E-state index contributed by atoms with van der Waals surface area (Å²) in [6.45, 7) is -1.30. The number of methoxy groups -OCH3 is 1. The number of nitrogens with zero attached hydrogens (tertiary/aromatic N) is 2. The fourth-order valence-corrected chi connectivity index (χ4v) is 3.56. The van der Waals surface area contributed by atoms with E-state index in [-0.39, 0.29) is 16.7 Å². The van der Waals surface area contributed by atoms with E-state index in [1.165, 1.54) is 36.1 Å². The topological polar surface area (TPSA) is 98.2 Å². The summed E-state index contributed by atoms with van der Waals surface area (Å²) in [4.78, 5) is 29.7. The number of carbonyl (C=O) groups is 1. The first-order chi connectivity index (χ1) is 15.8. The number of hydrogen-bond acceptors (Lipinski definition) is 5. The SMILES string of the molecule is COc1ccc(-c2cc(NC(=O)c3cc(C)nc4c3c(=O)[nH]n4C)ccc2OC(F)F)cc1. The number of anilines is 1. The van der Waals surface area contributed by atoms with Gasteiger partial charge in [0.15, 0.2) is 5.65 Å². The maximum atomic E-state index is 13.1. The van der Waals surface area contributed by atoms with Gasteiger partial charge in [0, 0.05) is 24.0 Å². The number of halogens is 2. The van der Waals surface area contributed by atoms with E-state index in [0.29, 0.717) is 33.9 Å². The molecule has 8 nitrogen and oxygen atoms in total. The van der Waals surface area contributed by atoms with Crippen LogP contribution in [0.4, 0.5) is 14.5 Å². The first-order valence-corrected chi connectivity index (χ1v) is 9.88. The van der Waals surface area contributed by atoms with Crippen LogP contribution >= 0.6 is 0 Å². The highest BCUT2D eigenvalue weighted by Gasteiger charge is 2.19. The second-order valence-electron chi connectivity index (χ2n) is 7.28. The summed E-state index contributed by atoms with van der Waals surface area (Å²) in [6, 6.07) is 12.6. The molecule has 0 fully saturated rings. The van der Waals surface area contributed by atoms with E-state index in [2.05, 4.69) is 20.1 Å². The van der Waals surface area contributed by atoms with Crippen molar-refractivity contribution in [2.24, 2.45) is 7.05 Å². The number of ether oxygens (including phenoxy) is 2. The van der Waals surface area contributed by atoms with Crippen LogP contribution in [0.1, 0.15) is 16.1 Å². The molecule has 2 N–H and O–H groups in total. The molecular formula is C23H20F2N4O4. The van der Waals surface area contributed by atoms with Crippen molar-refractivity contribution in [1.29, 1.82) is 0 Å². The van der Waals surface area contributed by atoms with Crippen LogP contribution in [0.15, 0.2) is 53.3 Å². The van der Waals surface area contributed by atoms with E-state index < -0.39 is 18.1 Å². The molecule has 0 saturated carbocycles. The van der Waals surface area contributed by atoms with E-state index >= 15 is 0 Å². The van der Waals surface area contributed by atoms with Crippen LogP contribution in [0.25, 0.3) is 22.2 Å². The molecule has 2 aromatic carbocycles. The zero-order chi connectivity index (χ0) is 23.7. The van der Waals surface area contributed by atoms with Crippen LogP contribution in [0.2, 0.25) is 0 Å². The first-order valence-electron chi connectivity index (χ1n) is 9.88. The molecule has 0 aliphatic heterocycles. The smallest absolute Gasteiger partial charge is 0.387 e. The van der Waals surface area contributed by atoms with Crippen molar-refractivity contribution in [3.63, 3.8) is 0 Å². The molecule has 33 heavy (non-hydrogen) atoms. The Kier molecular flexibility index (Phi) is 5.82. The summed E-state index contributed by atoms with van der Waals surface area (Å²) < 4.78 is 37.1. The van der Waals surface area contributed by atoms with Crippen LogP contribution in [0.3, 0.4) is 0 Å². The summed E-state index contributed by atoms with van der Waals surface area (Å²) in [5.74, 6) is 0.0184. The summed E-state index contributed by atoms with van der Waals surface area (Å²) in [6.07, 6.45) is 0. The largest absolute Gasteiger partial charge is 0.497 e. The molecular weight excluding hydrogens is 434 g/mol. The molecule has 0 unspecified atom stereocenters. The second kappa shape index (κ2) is 8.73. The third kappa shape index (κ3) is 4.40. The van der Waals surface area contributed by atoms with Crippen LogP contribution in [0.5, 0.6) is 11.5 Å². The Morgan fingerprint density at radius 3 is 2.55 bits per heavy atom. The lowest BCUT2D eigenvalue weighted by Gasteiger charge is -2.14. The number of benzene rings is 2. The lowest BCUT2D eigenvalue weighted by atomic mass is 10.0. The molecule has 10 heteroatoms. The predicted molar refractivity (Wildman–Crippen MR) is 119 cm³/mol. The fraction of sp³-hybridized carbons (Fsp3) is 0.174. The van der Waals surface area contributed by atoms with Crippen molar-refractivity contribution < 1.29 is 23.0 Å². The van der Waals surface area contributed by atoms with E-state index in [1.54, 1.807) is 38.2 Å². The number of amides is 1. The minimum Gasteiger partial charge on any atom is -0.497 e. The molecule has 0 saturated heterocycles. The highest BCUT2D eigenvalue weighted by molar-refractivity contribution is 6.12. The summed E-state index contributed by atoms with van der Waals surface area (Å²) >= 11 is 0.